The van der Waals surface area contributed by atoms with Gasteiger partial charge in [-0.3, -0.25) is 14.5 Å². The number of anilines is 1. The van der Waals surface area contributed by atoms with Crippen molar-refractivity contribution in [2.24, 2.45) is 17.8 Å². The number of carbonyl (C=O) groups excluding carboxylic acids is 2. The highest BCUT2D eigenvalue weighted by Crippen LogP contribution is 2.56. The van der Waals surface area contributed by atoms with E-state index in [1.807, 2.05) is 18.2 Å². The number of likely N-dealkylation sites (tertiary alicyclic amines) is 1. The number of hydrogen-bond acceptors (Lipinski definition) is 3. The fourth-order valence-electron chi connectivity index (χ4n) is 7.00. The molecule has 0 radical (unpaired) electrons. The Bertz CT molecular complexity index is 812. The highest BCUT2D eigenvalue weighted by Gasteiger charge is 2.66. The Morgan fingerprint density at radius 1 is 1.07 bits per heavy atom. The third kappa shape index (κ3) is 1.98. The van der Waals surface area contributed by atoms with Gasteiger partial charge in [-0.15, -0.1) is 0 Å². The monoisotopic (exact) mass is 365 g/mol. The first-order chi connectivity index (χ1) is 13.2. The number of para-hydroxylation sites is 1. The Hall–Kier alpha value is -1.88. The van der Waals surface area contributed by atoms with Crippen molar-refractivity contribution in [3.05, 3.63) is 29.8 Å². The maximum Gasteiger partial charge on any atom is 0.250 e. The van der Waals surface area contributed by atoms with E-state index < -0.39 is 5.54 Å². The first-order valence-corrected chi connectivity index (χ1v) is 10.7. The van der Waals surface area contributed by atoms with E-state index in [0.29, 0.717) is 17.9 Å². The second-order valence-corrected chi connectivity index (χ2v) is 9.24. The first-order valence-electron chi connectivity index (χ1n) is 10.7. The molecular weight excluding hydrogens is 338 g/mol. The van der Waals surface area contributed by atoms with Gasteiger partial charge in [0.2, 0.25) is 11.8 Å². The Morgan fingerprint density at radius 2 is 1.85 bits per heavy atom. The van der Waals surface area contributed by atoms with Gasteiger partial charge in [-0.1, -0.05) is 24.6 Å². The van der Waals surface area contributed by atoms with Crippen LogP contribution in [0.2, 0.25) is 0 Å². The van der Waals surface area contributed by atoms with Crippen LogP contribution >= 0.6 is 0 Å². The van der Waals surface area contributed by atoms with Gasteiger partial charge in [0.15, 0.2) is 0 Å². The van der Waals surface area contributed by atoms with E-state index in [0.717, 1.165) is 50.1 Å². The number of nitrogens with zero attached hydrogens (tertiary/aromatic N) is 2. The highest BCUT2D eigenvalue weighted by atomic mass is 16.2. The van der Waals surface area contributed by atoms with Gasteiger partial charge < -0.3 is 10.2 Å². The molecule has 1 aromatic carbocycles. The van der Waals surface area contributed by atoms with Crippen LogP contribution in [0.1, 0.15) is 44.1 Å². The van der Waals surface area contributed by atoms with Gasteiger partial charge in [0.25, 0.3) is 0 Å². The minimum Gasteiger partial charge on any atom is -0.342 e. The van der Waals surface area contributed by atoms with Crippen molar-refractivity contribution < 1.29 is 9.59 Å². The molecule has 5 heteroatoms. The molecule has 27 heavy (non-hydrogen) atoms. The van der Waals surface area contributed by atoms with Crippen molar-refractivity contribution in [2.45, 2.75) is 50.1 Å². The summed E-state index contributed by atoms with van der Waals surface area (Å²) in [5.41, 5.74) is 1.13. The summed E-state index contributed by atoms with van der Waals surface area (Å²) in [6, 6.07) is 8.37. The van der Waals surface area contributed by atoms with Crippen molar-refractivity contribution in [3.63, 3.8) is 0 Å². The van der Waals surface area contributed by atoms with E-state index in [2.05, 4.69) is 21.2 Å². The third-order valence-corrected chi connectivity index (χ3v) is 8.11. The topological polar surface area (TPSA) is 52.7 Å². The van der Waals surface area contributed by atoms with Gasteiger partial charge in [-0.2, -0.15) is 0 Å². The molecule has 0 aromatic heterocycles. The van der Waals surface area contributed by atoms with Gasteiger partial charge in [-0.25, -0.2) is 0 Å². The lowest BCUT2D eigenvalue weighted by atomic mass is 9.78. The minimum absolute atomic E-state index is 0.0193. The van der Waals surface area contributed by atoms with Crippen LogP contribution in [0.25, 0.3) is 0 Å². The molecule has 4 aliphatic heterocycles. The molecule has 3 saturated heterocycles. The van der Waals surface area contributed by atoms with Crippen LogP contribution in [-0.4, -0.2) is 47.3 Å². The molecule has 0 unspecified atom stereocenters. The lowest BCUT2D eigenvalue weighted by molar-refractivity contribution is -0.143. The summed E-state index contributed by atoms with van der Waals surface area (Å²) in [4.78, 5) is 31.6. The van der Waals surface area contributed by atoms with Crippen LogP contribution in [0.15, 0.2) is 24.3 Å². The normalized spacial score (nSPS) is 39.7. The molecule has 1 spiro atoms. The summed E-state index contributed by atoms with van der Waals surface area (Å²) in [7, 11) is 0. The Morgan fingerprint density at radius 3 is 2.67 bits per heavy atom. The van der Waals surface area contributed by atoms with E-state index in [9.17, 15) is 9.59 Å². The Labute approximate surface area is 160 Å². The van der Waals surface area contributed by atoms with Crippen molar-refractivity contribution in [1.29, 1.82) is 0 Å². The first kappa shape index (κ1) is 16.1. The Kier molecular flexibility index (Phi) is 3.32. The van der Waals surface area contributed by atoms with Crippen LogP contribution in [0.5, 0.6) is 0 Å². The van der Waals surface area contributed by atoms with Crippen molar-refractivity contribution in [1.82, 2.24) is 9.80 Å². The molecule has 4 fully saturated rings. The van der Waals surface area contributed by atoms with Crippen molar-refractivity contribution >= 4 is 17.5 Å². The number of carbonyl (C=O) groups is 2. The summed E-state index contributed by atoms with van der Waals surface area (Å²) in [5, 5.41) is 3.11. The van der Waals surface area contributed by atoms with Gasteiger partial charge >= 0.3 is 0 Å². The number of fused-ring (bicyclic) bond motifs is 5. The maximum absolute atomic E-state index is 13.7. The van der Waals surface area contributed by atoms with E-state index in [-0.39, 0.29) is 17.7 Å². The summed E-state index contributed by atoms with van der Waals surface area (Å²) in [6.45, 7) is 2.73. The van der Waals surface area contributed by atoms with Gasteiger partial charge in [0, 0.05) is 30.4 Å². The maximum atomic E-state index is 13.7. The third-order valence-electron chi connectivity index (χ3n) is 8.11. The summed E-state index contributed by atoms with van der Waals surface area (Å²) in [5.74, 6) is 1.38. The van der Waals surface area contributed by atoms with Crippen molar-refractivity contribution in [2.75, 3.05) is 25.0 Å². The lowest BCUT2D eigenvalue weighted by Crippen LogP contribution is -2.54. The SMILES string of the molecule is O=C([C@@H]1C[C@H]2CCCN2[C@]12C(=O)Nc1ccccc12)N1C[C@H]2CCC[C@H]2C1. The van der Waals surface area contributed by atoms with Crippen LogP contribution in [0.4, 0.5) is 5.69 Å². The predicted molar refractivity (Wildman–Crippen MR) is 102 cm³/mol. The van der Waals surface area contributed by atoms with E-state index in [4.69, 9.17) is 0 Å². The molecule has 142 valence electrons. The number of rotatable bonds is 1. The highest BCUT2D eigenvalue weighted by molar-refractivity contribution is 6.09. The molecule has 4 heterocycles. The second kappa shape index (κ2) is 5.57. The molecule has 1 aliphatic carbocycles. The Balaban J connectivity index is 1.41. The van der Waals surface area contributed by atoms with Crippen molar-refractivity contribution in [3.8, 4) is 0 Å². The standard InChI is InChI=1S/C22H27N3O2/c26-20(24-12-14-5-3-6-15(14)13-24)18-11-16-7-4-10-25(16)22(18)17-8-1-2-9-19(17)23-21(22)27/h1-2,8-9,14-16,18H,3-7,10-13H2,(H,23,27)/t14-,15+,16-,18+,22+/m1/s1. The fraction of sp³-hybridized carbons (Fsp3) is 0.636. The molecule has 2 amide bonds. The fourth-order valence-corrected chi connectivity index (χ4v) is 7.00. The van der Waals surface area contributed by atoms with Crippen LogP contribution in [0.3, 0.4) is 0 Å². The number of amides is 2. The number of hydrogen-bond donors (Lipinski definition) is 1. The quantitative estimate of drug-likeness (QED) is 0.832. The molecule has 5 aliphatic rings. The average Bonchev–Trinajstić information content (AvgIpc) is 3.42. The lowest BCUT2D eigenvalue weighted by Gasteiger charge is -2.37. The number of nitrogens with one attached hydrogen (secondary N) is 1. The molecule has 1 N–H and O–H groups in total. The molecular formula is C22H27N3O2. The molecule has 1 aromatic rings. The largest absolute Gasteiger partial charge is 0.342 e. The van der Waals surface area contributed by atoms with Gasteiger partial charge in [0.05, 0.1) is 5.92 Å². The minimum atomic E-state index is -0.785. The molecule has 5 nitrogen and oxygen atoms in total. The summed E-state index contributed by atoms with van der Waals surface area (Å²) >= 11 is 0. The van der Waals surface area contributed by atoms with Crippen LogP contribution in [0, 0.1) is 17.8 Å². The summed E-state index contributed by atoms with van der Waals surface area (Å²) < 4.78 is 0. The average molecular weight is 365 g/mol. The van der Waals surface area contributed by atoms with E-state index >= 15 is 0 Å². The zero-order valence-electron chi connectivity index (χ0n) is 15.7. The summed E-state index contributed by atoms with van der Waals surface area (Å²) in [6.07, 6.45) is 6.90. The van der Waals surface area contributed by atoms with E-state index in [1.54, 1.807) is 0 Å². The van der Waals surface area contributed by atoms with Crippen LogP contribution in [-0.2, 0) is 15.1 Å². The molecule has 6 rings (SSSR count). The number of benzene rings is 1. The predicted octanol–water partition coefficient (Wildman–Crippen LogP) is 2.58. The smallest absolute Gasteiger partial charge is 0.250 e. The zero-order valence-corrected chi connectivity index (χ0v) is 15.7. The van der Waals surface area contributed by atoms with Gasteiger partial charge in [-0.05, 0) is 56.6 Å². The second-order valence-electron chi connectivity index (χ2n) is 9.24. The van der Waals surface area contributed by atoms with Gasteiger partial charge in [0.1, 0.15) is 5.54 Å². The zero-order chi connectivity index (χ0) is 18.2. The molecule has 1 saturated carbocycles. The molecule has 0 bridgehead atoms. The van der Waals surface area contributed by atoms with E-state index in [1.165, 1.54) is 19.3 Å². The molecule has 5 atom stereocenters. The van der Waals surface area contributed by atoms with Crippen LogP contribution < -0.4 is 5.32 Å².